The van der Waals surface area contributed by atoms with Gasteiger partial charge >= 0.3 is 0 Å². The standard InChI is InChI=1S/C13H16N4O5S2/c1-8-16-17-13(23-8)15-12(18)10-4-5-11(22-10)24(19,20)14-7-9-3-2-6-21-9/h4-5,9,14H,2-3,6-7H2,1H3,(H,15,17,18). The van der Waals surface area contributed by atoms with Crippen molar-refractivity contribution in [3.05, 3.63) is 22.9 Å². The van der Waals surface area contributed by atoms with Crippen LogP contribution in [0.3, 0.4) is 0 Å². The van der Waals surface area contributed by atoms with Gasteiger partial charge < -0.3 is 9.15 Å². The minimum atomic E-state index is -3.83. The number of rotatable bonds is 6. The first-order chi connectivity index (χ1) is 11.4. The Kier molecular flexibility index (Phi) is 4.94. The number of sulfonamides is 1. The van der Waals surface area contributed by atoms with Gasteiger partial charge in [-0.3, -0.25) is 10.1 Å². The first-order valence-electron chi connectivity index (χ1n) is 7.26. The van der Waals surface area contributed by atoms with Crippen LogP contribution < -0.4 is 10.0 Å². The van der Waals surface area contributed by atoms with Gasteiger partial charge in [0.25, 0.3) is 15.9 Å². The summed E-state index contributed by atoms with van der Waals surface area (Å²) >= 11 is 1.20. The molecule has 1 fully saturated rings. The molecule has 1 amide bonds. The third-order valence-corrected chi connectivity index (χ3v) is 5.39. The first kappa shape index (κ1) is 17.0. The molecule has 9 nitrogen and oxygen atoms in total. The number of hydrogen-bond donors (Lipinski definition) is 2. The summed E-state index contributed by atoms with van der Waals surface area (Å²) in [5.74, 6) is -0.716. The molecular formula is C13H16N4O5S2. The Bertz CT molecular complexity index is 823. The molecule has 0 radical (unpaired) electrons. The van der Waals surface area contributed by atoms with Gasteiger partial charge in [0.05, 0.1) is 6.10 Å². The number of aryl methyl sites for hydroxylation is 1. The van der Waals surface area contributed by atoms with E-state index in [1.807, 2.05) is 0 Å². The van der Waals surface area contributed by atoms with Crippen LogP contribution in [0.25, 0.3) is 0 Å². The summed E-state index contributed by atoms with van der Waals surface area (Å²) in [6.07, 6.45) is 1.61. The number of amides is 1. The number of carbonyl (C=O) groups excluding carboxylic acids is 1. The minimum absolute atomic E-state index is 0.125. The molecular weight excluding hydrogens is 356 g/mol. The predicted molar refractivity (Wildman–Crippen MR) is 85.5 cm³/mol. The highest BCUT2D eigenvalue weighted by atomic mass is 32.2. The van der Waals surface area contributed by atoms with E-state index in [4.69, 9.17) is 9.15 Å². The molecule has 1 unspecified atom stereocenters. The van der Waals surface area contributed by atoms with Gasteiger partial charge in [-0.25, -0.2) is 13.1 Å². The fraction of sp³-hybridized carbons (Fsp3) is 0.462. The summed E-state index contributed by atoms with van der Waals surface area (Å²) in [5, 5.41) is 10.7. The Hall–Kier alpha value is -1.82. The van der Waals surface area contributed by atoms with Crippen molar-refractivity contribution in [1.82, 2.24) is 14.9 Å². The van der Waals surface area contributed by atoms with Gasteiger partial charge in [0.15, 0.2) is 5.76 Å². The third kappa shape index (κ3) is 3.98. The maximum atomic E-state index is 12.2. The Morgan fingerprint density at radius 3 is 2.92 bits per heavy atom. The number of nitrogens with zero attached hydrogens (tertiary/aromatic N) is 2. The van der Waals surface area contributed by atoms with E-state index in [2.05, 4.69) is 20.2 Å². The number of ether oxygens (including phenoxy) is 1. The molecule has 24 heavy (non-hydrogen) atoms. The van der Waals surface area contributed by atoms with E-state index in [0.717, 1.165) is 12.8 Å². The van der Waals surface area contributed by atoms with Crippen LogP contribution in [0.5, 0.6) is 0 Å². The molecule has 1 atom stereocenters. The van der Waals surface area contributed by atoms with E-state index < -0.39 is 15.9 Å². The van der Waals surface area contributed by atoms with Crippen molar-refractivity contribution in [2.24, 2.45) is 0 Å². The number of nitrogens with one attached hydrogen (secondary N) is 2. The average Bonchev–Trinajstić information content (AvgIpc) is 3.27. The maximum Gasteiger partial charge on any atom is 0.293 e. The van der Waals surface area contributed by atoms with Gasteiger partial charge in [0.2, 0.25) is 10.2 Å². The van der Waals surface area contributed by atoms with Crippen molar-refractivity contribution < 1.29 is 22.4 Å². The summed E-state index contributed by atoms with van der Waals surface area (Å²) in [4.78, 5) is 12.0. The summed E-state index contributed by atoms with van der Waals surface area (Å²) in [6, 6.07) is 2.53. The van der Waals surface area contributed by atoms with E-state index in [1.54, 1.807) is 6.92 Å². The summed E-state index contributed by atoms with van der Waals surface area (Å²) in [7, 11) is -3.83. The van der Waals surface area contributed by atoms with E-state index in [-0.39, 0.29) is 23.5 Å². The number of carbonyl (C=O) groups is 1. The fourth-order valence-electron chi connectivity index (χ4n) is 2.17. The number of furan rings is 1. The van der Waals surface area contributed by atoms with Crippen LogP contribution in [0.4, 0.5) is 5.13 Å². The van der Waals surface area contributed by atoms with E-state index in [9.17, 15) is 13.2 Å². The van der Waals surface area contributed by atoms with Crippen LogP contribution in [0.15, 0.2) is 21.6 Å². The molecule has 2 aromatic rings. The molecule has 3 rings (SSSR count). The normalized spacial score (nSPS) is 18.0. The quantitative estimate of drug-likeness (QED) is 0.779. The van der Waals surface area contributed by atoms with Crippen molar-refractivity contribution in [1.29, 1.82) is 0 Å². The number of hydrogen-bond acceptors (Lipinski definition) is 8. The van der Waals surface area contributed by atoms with Crippen LogP contribution in [-0.2, 0) is 14.8 Å². The summed E-state index contributed by atoms with van der Waals surface area (Å²) < 4.78 is 37.3. The molecule has 130 valence electrons. The molecule has 11 heteroatoms. The van der Waals surface area contributed by atoms with Crippen LogP contribution in [0, 0.1) is 6.92 Å². The molecule has 1 aliphatic rings. The van der Waals surface area contributed by atoms with Crippen molar-refractivity contribution in [2.75, 3.05) is 18.5 Å². The monoisotopic (exact) mass is 372 g/mol. The minimum Gasteiger partial charge on any atom is -0.438 e. The zero-order valence-corrected chi connectivity index (χ0v) is 14.4. The molecule has 0 bridgehead atoms. The molecule has 2 aromatic heterocycles. The number of anilines is 1. The number of aromatic nitrogens is 2. The van der Waals surface area contributed by atoms with Crippen LogP contribution in [0.2, 0.25) is 0 Å². The largest absolute Gasteiger partial charge is 0.438 e. The molecule has 0 aliphatic carbocycles. The summed E-state index contributed by atoms with van der Waals surface area (Å²) in [5.41, 5.74) is 0. The zero-order chi connectivity index (χ0) is 17.2. The lowest BCUT2D eigenvalue weighted by atomic mass is 10.2. The molecule has 1 saturated heterocycles. The highest BCUT2D eigenvalue weighted by Gasteiger charge is 2.24. The summed E-state index contributed by atoms with van der Waals surface area (Å²) in [6.45, 7) is 2.57. The second kappa shape index (κ2) is 6.97. The Morgan fingerprint density at radius 2 is 2.25 bits per heavy atom. The van der Waals surface area contributed by atoms with E-state index >= 15 is 0 Å². The van der Waals surface area contributed by atoms with Crippen LogP contribution in [-0.4, -0.2) is 43.8 Å². The highest BCUT2D eigenvalue weighted by molar-refractivity contribution is 7.89. The Labute approximate surface area is 142 Å². The molecule has 1 aliphatic heterocycles. The highest BCUT2D eigenvalue weighted by Crippen LogP contribution is 2.18. The molecule has 0 aromatic carbocycles. The molecule has 3 heterocycles. The van der Waals surface area contributed by atoms with Crippen LogP contribution in [0.1, 0.15) is 28.4 Å². The maximum absolute atomic E-state index is 12.2. The Morgan fingerprint density at radius 1 is 1.42 bits per heavy atom. The Balaban J connectivity index is 1.64. The lowest BCUT2D eigenvalue weighted by Gasteiger charge is -2.09. The fourth-order valence-corrected chi connectivity index (χ4v) is 3.75. The lowest BCUT2D eigenvalue weighted by molar-refractivity contribution is 0.0991. The molecule has 0 saturated carbocycles. The second-order valence-electron chi connectivity index (χ2n) is 5.19. The van der Waals surface area contributed by atoms with Crippen molar-refractivity contribution in [2.45, 2.75) is 31.0 Å². The van der Waals surface area contributed by atoms with Gasteiger partial charge in [-0.2, -0.15) is 0 Å². The smallest absolute Gasteiger partial charge is 0.293 e. The molecule has 0 spiro atoms. The van der Waals surface area contributed by atoms with Gasteiger partial charge in [0, 0.05) is 13.2 Å². The SMILES string of the molecule is Cc1nnc(NC(=O)c2ccc(S(=O)(=O)NCC3CCCO3)o2)s1. The van der Waals surface area contributed by atoms with Crippen molar-refractivity contribution in [3.63, 3.8) is 0 Å². The van der Waals surface area contributed by atoms with Crippen molar-refractivity contribution >= 4 is 32.4 Å². The van der Waals surface area contributed by atoms with Gasteiger partial charge in [-0.1, -0.05) is 11.3 Å². The average molecular weight is 372 g/mol. The second-order valence-corrected chi connectivity index (χ2v) is 8.07. The van der Waals surface area contributed by atoms with Crippen LogP contribution >= 0.6 is 11.3 Å². The zero-order valence-electron chi connectivity index (χ0n) is 12.8. The van der Waals surface area contributed by atoms with Gasteiger partial charge in [0.1, 0.15) is 5.01 Å². The first-order valence-corrected chi connectivity index (χ1v) is 9.56. The third-order valence-electron chi connectivity index (χ3n) is 3.34. The topological polar surface area (TPSA) is 123 Å². The van der Waals surface area contributed by atoms with E-state index in [1.165, 1.54) is 23.5 Å². The van der Waals surface area contributed by atoms with E-state index in [0.29, 0.717) is 16.7 Å². The lowest BCUT2D eigenvalue weighted by Crippen LogP contribution is -2.31. The van der Waals surface area contributed by atoms with Crippen molar-refractivity contribution in [3.8, 4) is 0 Å². The van der Waals surface area contributed by atoms with Gasteiger partial charge in [-0.05, 0) is 31.9 Å². The van der Waals surface area contributed by atoms with Gasteiger partial charge in [-0.15, -0.1) is 10.2 Å². The molecule has 2 N–H and O–H groups in total. The predicted octanol–water partition coefficient (Wildman–Crippen LogP) is 1.15.